The molecule has 0 spiro atoms. The summed E-state index contributed by atoms with van der Waals surface area (Å²) in [5.74, 6) is 0.791. The van der Waals surface area contributed by atoms with Crippen molar-refractivity contribution < 1.29 is 0 Å². The van der Waals surface area contributed by atoms with Crippen LogP contribution in [0.15, 0.2) is 29.1 Å². The van der Waals surface area contributed by atoms with Crippen LogP contribution in [0.3, 0.4) is 0 Å². The largest absolute Gasteiger partial charge is 0.268 e. The highest BCUT2D eigenvalue weighted by atomic mass is 32.6. The maximum atomic E-state index is 12.3. The summed E-state index contributed by atoms with van der Waals surface area (Å²) in [6.45, 7) is 1.89. The number of fused-ring (bicyclic) bond motifs is 1. The molecule has 0 saturated heterocycles. The highest BCUT2D eigenvalue weighted by molar-refractivity contribution is 8.60. The van der Waals surface area contributed by atoms with Crippen LogP contribution < -0.4 is 5.56 Å². The van der Waals surface area contributed by atoms with Crippen LogP contribution in [0.5, 0.6) is 0 Å². The van der Waals surface area contributed by atoms with Gasteiger partial charge in [-0.1, -0.05) is 29.0 Å². The van der Waals surface area contributed by atoms with Crippen molar-refractivity contribution in [2.45, 2.75) is 6.92 Å². The Kier molecular flexibility index (Phi) is 4.04. The Bertz CT molecular complexity index is 583. The van der Waals surface area contributed by atoms with Crippen LogP contribution in [0.25, 0.3) is 10.9 Å². The molecule has 0 N–H and O–H groups in total. The Labute approximate surface area is 101 Å². The van der Waals surface area contributed by atoms with Crippen molar-refractivity contribution in [1.82, 2.24) is 9.32 Å². The molecule has 1 heterocycles. The molecule has 4 unspecified atom stereocenters. The van der Waals surface area contributed by atoms with Crippen molar-refractivity contribution in [3.05, 3.63) is 40.4 Å². The van der Waals surface area contributed by atoms with Crippen molar-refractivity contribution in [2.24, 2.45) is 0 Å². The molecule has 2 aromatic rings. The first-order valence-electron chi connectivity index (χ1n) is 4.65. The minimum Gasteiger partial charge on any atom is -0.268 e. The van der Waals surface area contributed by atoms with Crippen molar-refractivity contribution in [3.8, 4) is 0 Å². The summed E-state index contributed by atoms with van der Waals surface area (Å²) in [6.07, 6.45) is 0. The molecule has 0 radical (unpaired) electrons. The zero-order valence-corrected chi connectivity index (χ0v) is 12.9. The van der Waals surface area contributed by atoms with Gasteiger partial charge in [0.2, 0.25) is 0 Å². The molecule has 4 atom stereocenters. The van der Waals surface area contributed by atoms with Crippen LogP contribution in [0.2, 0.25) is 0 Å². The second-order valence-corrected chi connectivity index (χ2v) is 12.1. The van der Waals surface area contributed by atoms with E-state index in [1.807, 2.05) is 31.2 Å². The molecule has 1 aromatic carbocycles. The molecule has 16 heavy (non-hydrogen) atoms. The number of hydrogen-bond acceptors (Lipinski definition) is 2. The van der Waals surface area contributed by atoms with Crippen molar-refractivity contribution in [3.63, 3.8) is 0 Å². The Balaban J connectivity index is 2.81. The second kappa shape index (κ2) is 5.16. The first-order valence-corrected chi connectivity index (χ1v) is 11.2. The lowest BCUT2D eigenvalue weighted by molar-refractivity contribution is 0.998. The summed E-state index contributed by atoms with van der Waals surface area (Å²) in [5, 5.41) is 0.700. The zero-order valence-electron chi connectivity index (χ0n) is 8.71. The zero-order chi connectivity index (χ0) is 11.7. The van der Waals surface area contributed by atoms with Gasteiger partial charge in [-0.25, -0.2) is 4.98 Å². The molecule has 1 aromatic heterocycles. The summed E-state index contributed by atoms with van der Waals surface area (Å²) >= 11 is 0. The molecule has 0 saturated carbocycles. The summed E-state index contributed by atoms with van der Waals surface area (Å²) < 4.78 is 1.80. The molecular formula is C9H12N2OP4. The maximum absolute atomic E-state index is 12.3. The number of rotatable bonds is 2. The molecule has 2 rings (SSSR count). The predicted molar refractivity (Wildman–Crippen MR) is 80.8 cm³/mol. The molecule has 0 amide bonds. The number of aryl methyl sites for hydroxylation is 1. The first kappa shape index (κ1) is 12.5. The summed E-state index contributed by atoms with van der Waals surface area (Å²) in [4.78, 5) is 16.7. The third kappa shape index (κ3) is 2.20. The van der Waals surface area contributed by atoms with E-state index in [-0.39, 0.29) is 5.56 Å². The first-order chi connectivity index (χ1) is 7.65. The topological polar surface area (TPSA) is 34.9 Å². The van der Waals surface area contributed by atoms with Crippen LogP contribution in [0, 0.1) is 6.92 Å². The monoisotopic (exact) mass is 288 g/mol. The minimum atomic E-state index is -0.539. The van der Waals surface area contributed by atoms with E-state index in [1.54, 1.807) is 4.34 Å². The van der Waals surface area contributed by atoms with E-state index in [9.17, 15) is 4.79 Å². The minimum absolute atomic E-state index is 0.0687. The Morgan fingerprint density at radius 1 is 1.44 bits per heavy atom. The predicted octanol–water partition coefficient (Wildman–Crippen LogP) is 3.12. The van der Waals surface area contributed by atoms with Crippen LogP contribution in [0.4, 0.5) is 0 Å². The van der Waals surface area contributed by atoms with Gasteiger partial charge in [0, 0.05) is 7.45 Å². The van der Waals surface area contributed by atoms with Gasteiger partial charge in [-0.3, -0.25) is 9.13 Å². The number of benzene rings is 1. The van der Waals surface area contributed by atoms with Crippen LogP contribution >= 0.6 is 33.3 Å². The van der Waals surface area contributed by atoms with Gasteiger partial charge in [0.15, 0.2) is 0 Å². The lowest BCUT2D eigenvalue weighted by atomic mass is 10.2. The molecule has 84 valence electrons. The summed E-state index contributed by atoms with van der Waals surface area (Å²) in [6, 6.07) is 7.49. The van der Waals surface area contributed by atoms with E-state index in [4.69, 9.17) is 0 Å². The molecule has 0 fully saturated rings. The molecule has 0 aliphatic rings. The molecule has 0 aliphatic heterocycles. The molecular weight excluding hydrogens is 276 g/mol. The van der Waals surface area contributed by atoms with E-state index in [1.165, 1.54) is 0 Å². The van der Waals surface area contributed by atoms with Crippen LogP contribution in [0.1, 0.15) is 5.82 Å². The number of hydrogen-bond donors (Lipinski definition) is 0. The van der Waals surface area contributed by atoms with Gasteiger partial charge in [-0.15, -0.1) is 8.93 Å². The van der Waals surface area contributed by atoms with Crippen molar-refractivity contribution in [2.75, 3.05) is 0 Å². The fraction of sp³-hybridized carbons (Fsp3) is 0.111. The molecule has 0 aliphatic carbocycles. The van der Waals surface area contributed by atoms with Gasteiger partial charge < -0.3 is 0 Å². The van der Waals surface area contributed by atoms with E-state index >= 15 is 0 Å². The van der Waals surface area contributed by atoms with E-state index in [2.05, 4.69) is 22.8 Å². The van der Waals surface area contributed by atoms with Gasteiger partial charge in [-0.05, 0) is 19.1 Å². The van der Waals surface area contributed by atoms with Crippen molar-refractivity contribution in [1.29, 1.82) is 0 Å². The van der Waals surface area contributed by atoms with Crippen LogP contribution in [-0.2, 0) is 0 Å². The average Bonchev–Trinajstić information content (AvgIpc) is 2.28. The summed E-state index contributed by atoms with van der Waals surface area (Å²) in [5.41, 5.74) is 0.848. The Morgan fingerprint density at radius 3 is 2.81 bits per heavy atom. The van der Waals surface area contributed by atoms with E-state index in [0.29, 0.717) is 13.3 Å². The third-order valence-corrected chi connectivity index (χ3v) is 11.9. The number of para-hydroxylation sites is 1. The SMILES string of the molecule is Cc1nc2ccccc2c(=O)n1P(P)PP. The van der Waals surface area contributed by atoms with Gasteiger partial charge in [0.1, 0.15) is 5.82 Å². The van der Waals surface area contributed by atoms with Crippen LogP contribution in [-0.4, -0.2) is 9.32 Å². The van der Waals surface area contributed by atoms with E-state index in [0.717, 1.165) is 11.3 Å². The Morgan fingerprint density at radius 2 is 2.12 bits per heavy atom. The lowest BCUT2D eigenvalue weighted by Gasteiger charge is -2.15. The Hall–Kier alpha value is 0.0800. The fourth-order valence-corrected chi connectivity index (χ4v) is 5.23. The van der Waals surface area contributed by atoms with Crippen molar-refractivity contribution >= 4 is 44.2 Å². The van der Waals surface area contributed by atoms with Gasteiger partial charge in [0.05, 0.1) is 10.9 Å². The maximum Gasteiger partial charge on any atom is 0.265 e. The standard InChI is InChI=1S/C9H12N2OP4/c1-6-10-8-5-3-2-4-7(8)9(12)11(6)16(14)15-13/h2-5,15H,13-14H2,1H3. The molecule has 3 nitrogen and oxygen atoms in total. The molecule has 0 bridgehead atoms. The van der Waals surface area contributed by atoms with Gasteiger partial charge in [0.25, 0.3) is 5.56 Å². The number of nitrogens with zero attached hydrogens (tertiary/aromatic N) is 2. The second-order valence-electron chi connectivity index (χ2n) is 3.27. The van der Waals surface area contributed by atoms with E-state index < -0.39 is 7.45 Å². The fourth-order valence-electron chi connectivity index (χ4n) is 1.55. The molecule has 7 heteroatoms. The van der Waals surface area contributed by atoms with Gasteiger partial charge >= 0.3 is 0 Å². The lowest BCUT2D eigenvalue weighted by Crippen LogP contribution is -2.18. The third-order valence-electron chi connectivity index (χ3n) is 2.26. The summed E-state index contributed by atoms with van der Waals surface area (Å²) in [7, 11) is 5.55. The highest BCUT2D eigenvalue weighted by Gasteiger charge is 2.11. The quantitative estimate of drug-likeness (QED) is 0.796. The number of aromatic nitrogens is 2. The normalized spacial score (nSPS) is 13.7. The highest BCUT2D eigenvalue weighted by Crippen LogP contribution is 2.66. The average molecular weight is 288 g/mol. The smallest absolute Gasteiger partial charge is 0.265 e. The van der Waals surface area contributed by atoms with Gasteiger partial charge in [-0.2, -0.15) is 0 Å².